The second-order valence-corrected chi connectivity index (χ2v) is 6.37. The van der Waals surface area contributed by atoms with Crippen LogP contribution < -0.4 is 10.2 Å². The van der Waals surface area contributed by atoms with Gasteiger partial charge in [-0.3, -0.25) is 19.8 Å². The van der Waals surface area contributed by atoms with Crippen molar-refractivity contribution >= 4 is 23.5 Å². The first-order valence-corrected chi connectivity index (χ1v) is 8.70. The minimum Gasteiger partial charge on any atom is -0.376 e. The van der Waals surface area contributed by atoms with Gasteiger partial charge in [-0.1, -0.05) is 6.92 Å². The van der Waals surface area contributed by atoms with E-state index in [-0.39, 0.29) is 24.5 Å². The fraction of sp³-hybridized carbons (Fsp3) is 0.500. The van der Waals surface area contributed by atoms with Crippen molar-refractivity contribution in [2.24, 2.45) is 0 Å². The summed E-state index contributed by atoms with van der Waals surface area (Å²) in [5.41, 5.74) is 1.17. The van der Waals surface area contributed by atoms with Gasteiger partial charge in [-0.2, -0.15) is 0 Å². The summed E-state index contributed by atoms with van der Waals surface area (Å²) in [6.07, 6.45) is 3.00. The lowest BCUT2D eigenvalue weighted by Crippen LogP contribution is -2.43. The number of piperidine rings is 1. The SMILES string of the molecule is CCCOC1CCCN(C(=O)c2ccc(N3CC(=O)NC3=O)cc2)C1. The van der Waals surface area contributed by atoms with Crippen molar-refractivity contribution in [1.82, 2.24) is 10.2 Å². The van der Waals surface area contributed by atoms with Crippen LogP contribution in [0.4, 0.5) is 10.5 Å². The van der Waals surface area contributed by atoms with Crippen LogP contribution in [-0.2, 0) is 9.53 Å². The number of amides is 4. The Balaban J connectivity index is 1.64. The molecule has 1 aromatic rings. The molecule has 2 aliphatic rings. The number of nitrogens with one attached hydrogen (secondary N) is 1. The van der Waals surface area contributed by atoms with E-state index in [9.17, 15) is 14.4 Å². The number of imide groups is 1. The summed E-state index contributed by atoms with van der Waals surface area (Å²) >= 11 is 0. The van der Waals surface area contributed by atoms with Gasteiger partial charge < -0.3 is 9.64 Å². The van der Waals surface area contributed by atoms with E-state index in [4.69, 9.17) is 4.74 Å². The molecule has 1 N–H and O–H groups in total. The summed E-state index contributed by atoms with van der Waals surface area (Å²) < 4.78 is 5.78. The number of urea groups is 1. The van der Waals surface area contributed by atoms with Gasteiger partial charge in [0.1, 0.15) is 6.54 Å². The zero-order valence-corrected chi connectivity index (χ0v) is 14.4. The number of hydrogen-bond donors (Lipinski definition) is 1. The largest absolute Gasteiger partial charge is 0.376 e. The Kier molecular flexibility index (Phi) is 5.33. The Labute approximate surface area is 146 Å². The molecule has 7 nitrogen and oxygen atoms in total. The number of anilines is 1. The molecule has 3 rings (SSSR count). The fourth-order valence-corrected chi connectivity index (χ4v) is 3.16. The smallest absolute Gasteiger partial charge is 0.329 e. The van der Waals surface area contributed by atoms with Gasteiger partial charge in [0.05, 0.1) is 6.10 Å². The van der Waals surface area contributed by atoms with Crippen LogP contribution in [0.1, 0.15) is 36.5 Å². The highest BCUT2D eigenvalue weighted by atomic mass is 16.5. The molecule has 1 atom stereocenters. The number of rotatable bonds is 5. The standard InChI is InChI=1S/C18H23N3O4/c1-2-10-25-15-4-3-9-20(11-15)17(23)13-5-7-14(8-6-13)21-12-16(22)19-18(21)24/h5-8,15H,2-4,9-12H2,1H3,(H,19,22,24). The van der Waals surface area contributed by atoms with E-state index >= 15 is 0 Å². The van der Waals surface area contributed by atoms with Crippen LogP contribution in [0.2, 0.25) is 0 Å². The van der Waals surface area contributed by atoms with E-state index in [2.05, 4.69) is 12.2 Å². The molecule has 2 fully saturated rings. The lowest BCUT2D eigenvalue weighted by Gasteiger charge is -2.32. The molecule has 0 radical (unpaired) electrons. The summed E-state index contributed by atoms with van der Waals surface area (Å²) in [5, 5.41) is 2.23. The van der Waals surface area contributed by atoms with Gasteiger partial charge in [0, 0.05) is 30.9 Å². The lowest BCUT2D eigenvalue weighted by atomic mass is 10.1. The molecule has 134 valence electrons. The van der Waals surface area contributed by atoms with Gasteiger partial charge >= 0.3 is 6.03 Å². The maximum Gasteiger partial charge on any atom is 0.329 e. The van der Waals surface area contributed by atoms with Crippen LogP contribution in [-0.4, -0.2) is 55.1 Å². The highest BCUT2D eigenvalue weighted by molar-refractivity contribution is 6.12. The Bertz CT molecular complexity index is 659. The predicted octanol–water partition coefficient (Wildman–Crippen LogP) is 1.77. The Morgan fingerprint density at radius 1 is 1.28 bits per heavy atom. The number of benzene rings is 1. The number of ether oxygens (including phenoxy) is 1. The summed E-state index contributed by atoms with van der Waals surface area (Å²) in [4.78, 5) is 38.8. The third-order valence-corrected chi connectivity index (χ3v) is 4.44. The average Bonchev–Trinajstić information content (AvgIpc) is 2.98. The lowest BCUT2D eigenvalue weighted by molar-refractivity contribution is -0.117. The highest BCUT2D eigenvalue weighted by Crippen LogP contribution is 2.20. The number of carbonyl (C=O) groups is 3. The third kappa shape index (κ3) is 3.99. The minimum absolute atomic E-state index is 0.00863. The first-order chi connectivity index (χ1) is 12.1. The zero-order chi connectivity index (χ0) is 17.8. The van der Waals surface area contributed by atoms with Gasteiger partial charge in [-0.05, 0) is 43.5 Å². The Morgan fingerprint density at radius 2 is 2.04 bits per heavy atom. The monoisotopic (exact) mass is 345 g/mol. The molecule has 0 bridgehead atoms. The molecular formula is C18H23N3O4. The van der Waals surface area contributed by atoms with Crippen LogP contribution in [0.3, 0.4) is 0 Å². The molecule has 0 aromatic heterocycles. The summed E-state index contributed by atoms with van der Waals surface area (Å²) in [6.45, 7) is 4.15. The molecule has 0 saturated carbocycles. The normalized spacial score (nSPS) is 20.8. The summed E-state index contributed by atoms with van der Waals surface area (Å²) in [7, 11) is 0. The number of likely N-dealkylation sites (tertiary alicyclic amines) is 1. The molecule has 7 heteroatoms. The van der Waals surface area contributed by atoms with E-state index in [0.717, 1.165) is 32.4 Å². The molecular weight excluding hydrogens is 322 g/mol. The first-order valence-electron chi connectivity index (χ1n) is 8.70. The maximum absolute atomic E-state index is 12.7. The van der Waals surface area contributed by atoms with Crippen molar-refractivity contribution in [2.75, 3.05) is 31.1 Å². The predicted molar refractivity (Wildman–Crippen MR) is 92.5 cm³/mol. The minimum atomic E-state index is -0.434. The van der Waals surface area contributed by atoms with Gasteiger partial charge in [-0.25, -0.2) is 4.79 Å². The van der Waals surface area contributed by atoms with Crippen LogP contribution in [0.5, 0.6) is 0 Å². The molecule has 2 heterocycles. The fourth-order valence-electron chi connectivity index (χ4n) is 3.16. The quantitative estimate of drug-likeness (QED) is 0.825. The number of hydrogen-bond acceptors (Lipinski definition) is 4. The molecule has 0 aliphatic carbocycles. The Hall–Kier alpha value is -2.41. The van der Waals surface area contributed by atoms with Crippen LogP contribution in [0.15, 0.2) is 24.3 Å². The maximum atomic E-state index is 12.7. The van der Waals surface area contributed by atoms with Crippen molar-refractivity contribution in [3.05, 3.63) is 29.8 Å². The average molecular weight is 345 g/mol. The molecule has 4 amide bonds. The highest BCUT2D eigenvalue weighted by Gasteiger charge is 2.28. The summed E-state index contributed by atoms with van der Waals surface area (Å²) in [6, 6.07) is 6.35. The van der Waals surface area contributed by atoms with Gasteiger partial charge in [-0.15, -0.1) is 0 Å². The molecule has 2 saturated heterocycles. The van der Waals surface area contributed by atoms with Crippen molar-refractivity contribution in [3.8, 4) is 0 Å². The van der Waals surface area contributed by atoms with Gasteiger partial charge in [0.25, 0.3) is 5.91 Å². The van der Waals surface area contributed by atoms with Gasteiger partial charge in [0.15, 0.2) is 0 Å². The second kappa shape index (κ2) is 7.65. The van der Waals surface area contributed by atoms with Crippen LogP contribution >= 0.6 is 0 Å². The molecule has 1 unspecified atom stereocenters. The van der Waals surface area contributed by atoms with Crippen LogP contribution in [0.25, 0.3) is 0 Å². The van der Waals surface area contributed by atoms with E-state index in [0.29, 0.717) is 17.8 Å². The van der Waals surface area contributed by atoms with Crippen molar-refractivity contribution < 1.29 is 19.1 Å². The number of carbonyl (C=O) groups excluding carboxylic acids is 3. The van der Waals surface area contributed by atoms with E-state index in [1.54, 1.807) is 24.3 Å². The first kappa shape index (κ1) is 17.4. The van der Waals surface area contributed by atoms with Gasteiger partial charge in [0.2, 0.25) is 5.91 Å². The van der Waals surface area contributed by atoms with Crippen molar-refractivity contribution in [1.29, 1.82) is 0 Å². The van der Waals surface area contributed by atoms with Crippen molar-refractivity contribution in [2.45, 2.75) is 32.3 Å². The topological polar surface area (TPSA) is 79.0 Å². The Morgan fingerprint density at radius 3 is 2.68 bits per heavy atom. The zero-order valence-electron chi connectivity index (χ0n) is 14.4. The van der Waals surface area contributed by atoms with E-state index < -0.39 is 6.03 Å². The second-order valence-electron chi connectivity index (χ2n) is 6.37. The molecule has 1 aromatic carbocycles. The van der Waals surface area contributed by atoms with E-state index in [1.165, 1.54) is 4.90 Å². The summed E-state index contributed by atoms with van der Waals surface area (Å²) in [5.74, 6) is -0.352. The molecule has 25 heavy (non-hydrogen) atoms. The molecule has 0 spiro atoms. The molecule has 2 aliphatic heterocycles. The van der Waals surface area contributed by atoms with E-state index in [1.807, 2.05) is 4.90 Å². The third-order valence-electron chi connectivity index (χ3n) is 4.44. The van der Waals surface area contributed by atoms with Crippen LogP contribution in [0, 0.1) is 0 Å². The number of nitrogens with zero attached hydrogens (tertiary/aromatic N) is 2. The van der Waals surface area contributed by atoms with Crippen molar-refractivity contribution in [3.63, 3.8) is 0 Å².